The molecule has 9 nitrogen and oxygen atoms in total. The van der Waals surface area contributed by atoms with E-state index in [-0.39, 0.29) is 18.1 Å². The Hall–Kier alpha value is -3.66. The van der Waals surface area contributed by atoms with Crippen LogP contribution in [0.25, 0.3) is 6.08 Å². The van der Waals surface area contributed by atoms with Crippen LogP contribution >= 0.6 is 11.6 Å². The number of fused-ring (bicyclic) bond motifs is 1. The van der Waals surface area contributed by atoms with E-state index in [0.717, 1.165) is 30.0 Å². The number of ether oxygens (including phenoxy) is 1. The molecular formula is C28H33ClN6O3. The molecule has 0 atom stereocenters. The van der Waals surface area contributed by atoms with Crippen molar-refractivity contribution in [3.05, 3.63) is 70.5 Å². The minimum atomic E-state index is -0.341. The van der Waals surface area contributed by atoms with E-state index in [1.54, 1.807) is 36.4 Å². The summed E-state index contributed by atoms with van der Waals surface area (Å²) in [4.78, 5) is 21.4. The second-order valence-corrected chi connectivity index (χ2v) is 10.4. The number of hydrogen-bond acceptors (Lipinski definition) is 8. The third kappa shape index (κ3) is 7.44. The highest BCUT2D eigenvalue weighted by molar-refractivity contribution is 6.32. The SMILES string of the molecule is CC(C)(C)NC(=O)c1cccc(Oc2ccc(Nc3ncnc4c3C=C(CNCCO)CCN4)cc2Cl)c1. The number of hydrogen-bond donors (Lipinski definition) is 5. The maximum atomic E-state index is 12.5. The van der Waals surface area contributed by atoms with Gasteiger partial charge in [0.1, 0.15) is 29.5 Å². The van der Waals surface area contributed by atoms with Gasteiger partial charge in [-0.05, 0) is 69.7 Å². The first-order valence-corrected chi connectivity index (χ1v) is 12.9. The van der Waals surface area contributed by atoms with Crippen molar-refractivity contribution in [1.29, 1.82) is 0 Å². The molecule has 4 rings (SSSR count). The van der Waals surface area contributed by atoms with Crippen molar-refractivity contribution in [2.75, 3.05) is 36.9 Å². The van der Waals surface area contributed by atoms with Crippen LogP contribution in [-0.2, 0) is 0 Å². The van der Waals surface area contributed by atoms with Gasteiger partial charge in [-0.2, -0.15) is 0 Å². The molecule has 10 heteroatoms. The predicted octanol–water partition coefficient (Wildman–Crippen LogP) is 4.98. The molecule has 38 heavy (non-hydrogen) atoms. The highest BCUT2D eigenvalue weighted by Gasteiger charge is 2.17. The molecule has 0 bridgehead atoms. The third-order valence-corrected chi connectivity index (χ3v) is 5.91. The Bertz CT molecular complexity index is 1320. The number of anilines is 3. The number of rotatable bonds is 9. The summed E-state index contributed by atoms with van der Waals surface area (Å²) in [6.45, 7) is 7.86. The fourth-order valence-electron chi connectivity index (χ4n) is 3.90. The lowest BCUT2D eigenvalue weighted by Gasteiger charge is -2.20. The highest BCUT2D eigenvalue weighted by atomic mass is 35.5. The standard InChI is InChI=1S/C28H33ClN6O3/c1-28(2,3)35-27(37)19-5-4-6-21(14-19)38-24-8-7-20(15-23(24)29)34-26-22-13-18(16-30-11-12-36)9-10-31-25(22)32-17-33-26/h4-8,13-15,17,30,36H,9-12,16H2,1-3H3,(H,35,37)(H2,31,32,33,34). The van der Waals surface area contributed by atoms with Gasteiger partial charge in [-0.25, -0.2) is 9.97 Å². The Balaban J connectivity index is 1.50. The molecule has 0 saturated heterocycles. The van der Waals surface area contributed by atoms with Crippen molar-refractivity contribution in [3.63, 3.8) is 0 Å². The van der Waals surface area contributed by atoms with Crippen LogP contribution in [0, 0.1) is 0 Å². The van der Waals surface area contributed by atoms with Crippen LogP contribution in [0.3, 0.4) is 0 Å². The molecule has 0 radical (unpaired) electrons. The first-order valence-electron chi connectivity index (χ1n) is 12.5. The summed E-state index contributed by atoms with van der Waals surface area (Å²) in [6, 6.07) is 12.4. The van der Waals surface area contributed by atoms with E-state index in [1.165, 1.54) is 11.9 Å². The molecule has 1 aromatic heterocycles. The van der Waals surface area contributed by atoms with Crippen molar-refractivity contribution < 1.29 is 14.6 Å². The first kappa shape index (κ1) is 27.4. The predicted molar refractivity (Wildman–Crippen MR) is 152 cm³/mol. The molecular weight excluding hydrogens is 504 g/mol. The number of aromatic nitrogens is 2. The van der Waals surface area contributed by atoms with Gasteiger partial charge in [0.15, 0.2) is 0 Å². The van der Waals surface area contributed by atoms with Gasteiger partial charge in [-0.15, -0.1) is 0 Å². The van der Waals surface area contributed by atoms with Gasteiger partial charge in [-0.3, -0.25) is 4.79 Å². The molecule has 1 aliphatic rings. The topological polar surface area (TPSA) is 120 Å². The van der Waals surface area contributed by atoms with Gasteiger partial charge in [0.2, 0.25) is 0 Å². The third-order valence-electron chi connectivity index (χ3n) is 5.62. The zero-order valence-electron chi connectivity index (χ0n) is 21.8. The number of aliphatic hydroxyl groups is 1. The summed E-state index contributed by atoms with van der Waals surface area (Å²) in [7, 11) is 0. The molecule has 1 aliphatic heterocycles. The quantitative estimate of drug-likeness (QED) is 0.243. The van der Waals surface area contributed by atoms with Crippen LogP contribution in [0.5, 0.6) is 11.5 Å². The van der Waals surface area contributed by atoms with Crippen LogP contribution in [0.4, 0.5) is 17.3 Å². The second-order valence-electron chi connectivity index (χ2n) is 9.97. The van der Waals surface area contributed by atoms with E-state index in [4.69, 9.17) is 21.4 Å². The molecule has 5 N–H and O–H groups in total. The van der Waals surface area contributed by atoms with Crippen LogP contribution in [0.1, 0.15) is 43.1 Å². The molecule has 200 valence electrons. The monoisotopic (exact) mass is 536 g/mol. The van der Waals surface area contributed by atoms with Crippen LogP contribution in [-0.4, -0.2) is 52.8 Å². The summed E-state index contributed by atoms with van der Waals surface area (Å²) in [5.74, 6) is 2.20. The van der Waals surface area contributed by atoms with E-state index in [9.17, 15) is 4.79 Å². The minimum Gasteiger partial charge on any atom is -0.456 e. The molecule has 2 heterocycles. The Morgan fingerprint density at radius 2 is 2.03 bits per heavy atom. The van der Waals surface area contributed by atoms with Crippen molar-refractivity contribution >= 4 is 40.9 Å². The lowest BCUT2D eigenvalue weighted by atomic mass is 10.1. The van der Waals surface area contributed by atoms with Crippen LogP contribution < -0.4 is 26.0 Å². The summed E-state index contributed by atoms with van der Waals surface area (Å²) in [6.07, 6.45) is 4.44. The number of nitrogens with zero attached hydrogens (tertiary/aromatic N) is 2. The molecule has 0 spiro atoms. The van der Waals surface area contributed by atoms with Crippen LogP contribution in [0.15, 0.2) is 54.4 Å². The molecule has 0 aliphatic carbocycles. The fraction of sp³-hybridized carbons (Fsp3) is 0.321. The zero-order chi connectivity index (χ0) is 27.1. The number of aliphatic hydroxyl groups excluding tert-OH is 1. The molecule has 2 aromatic carbocycles. The number of carbonyl (C=O) groups excluding carboxylic acids is 1. The van der Waals surface area contributed by atoms with E-state index in [2.05, 4.69) is 37.3 Å². The normalized spacial score (nSPS) is 13.0. The largest absolute Gasteiger partial charge is 0.456 e. The summed E-state index contributed by atoms with van der Waals surface area (Å²) >= 11 is 6.57. The molecule has 0 saturated carbocycles. The zero-order valence-corrected chi connectivity index (χ0v) is 22.5. The van der Waals surface area contributed by atoms with E-state index in [1.807, 2.05) is 26.8 Å². The smallest absolute Gasteiger partial charge is 0.251 e. The fourth-order valence-corrected chi connectivity index (χ4v) is 4.12. The van der Waals surface area contributed by atoms with E-state index >= 15 is 0 Å². The number of halogens is 1. The number of carbonyl (C=O) groups is 1. The molecule has 0 unspecified atom stereocenters. The lowest BCUT2D eigenvalue weighted by molar-refractivity contribution is 0.0919. The second kappa shape index (κ2) is 12.3. The minimum absolute atomic E-state index is 0.0937. The average molecular weight is 537 g/mol. The number of benzene rings is 2. The Labute approximate surface area is 227 Å². The van der Waals surface area contributed by atoms with Crippen molar-refractivity contribution in [2.24, 2.45) is 0 Å². The summed E-state index contributed by atoms with van der Waals surface area (Å²) in [5.41, 5.74) is 2.94. The Morgan fingerprint density at radius 1 is 1.18 bits per heavy atom. The lowest BCUT2D eigenvalue weighted by Crippen LogP contribution is -2.40. The first-order chi connectivity index (χ1) is 18.2. The molecule has 0 fully saturated rings. The van der Waals surface area contributed by atoms with Crippen molar-refractivity contribution in [2.45, 2.75) is 32.7 Å². The van der Waals surface area contributed by atoms with Gasteiger partial charge in [0, 0.05) is 36.4 Å². The van der Waals surface area contributed by atoms with Crippen LogP contribution in [0.2, 0.25) is 5.02 Å². The van der Waals surface area contributed by atoms with Gasteiger partial charge in [0.25, 0.3) is 5.91 Å². The molecule has 1 amide bonds. The number of amides is 1. The molecule has 3 aromatic rings. The van der Waals surface area contributed by atoms with Gasteiger partial charge in [-0.1, -0.05) is 23.2 Å². The Morgan fingerprint density at radius 3 is 2.79 bits per heavy atom. The average Bonchev–Trinajstić information content (AvgIpc) is 3.08. The van der Waals surface area contributed by atoms with E-state index < -0.39 is 0 Å². The maximum absolute atomic E-state index is 12.5. The van der Waals surface area contributed by atoms with Gasteiger partial charge in [0.05, 0.1) is 17.2 Å². The van der Waals surface area contributed by atoms with Crippen molar-refractivity contribution in [1.82, 2.24) is 20.6 Å². The summed E-state index contributed by atoms with van der Waals surface area (Å²) < 4.78 is 5.99. The van der Waals surface area contributed by atoms with Crippen molar-refractivity contribution in [3.8, 4) is 11.5 Å². The number of nitrogens with one attached hydrogen (secondary N) is 4. The van der Waals surface area contributed by atoms with Gasteiger partial charge < -0.3 is 31.1 Å². The Kier molecular flexibility index (Phi) is 8.83. The van der Waals surface area contributed by atoms with E-state index in [0.29, 0.717) is 41.0 Å². The maximum Gasteiger partial charge on any atom is 0.251 e. The highest BCUT2D eigenvalue weighted by Crippen LogP contribution is 2.34. The summed E-state index contributed by atoms with van der Waals surface area (Å²) in [5, 5.41) is 22.3. The van der Waals surface area contributed by atoms with Gasteiger partial charge >= 0.3 is 0 Å².